The van der Waals surface area contributed by atoms with E-state index in [0.717, 1.165) is 0 Å². The first-order chi connectivity index (χ1) is 0. The van der Waals surface area contributed by atoms with Crippen LogP contribution in [0.15, 0.2) is 0 Å². The molecular weight excluding hydrogens is 184 g/mol. The minimum Gasteiger partial charge on any atom is -2.00 e. The number of rotatable bonds is 0. The van der Waals surface area contributed by atoms with E-state index in [-0.39, 0.29) is 60.9 Å². The van der Waals surface area contributed by atoms with E-state index in [1.807, 2.05) is 0 Å². The summed E-state index contributed by atoms with van der Waals surface area (Å²) >= 11 is 0. The molecule has 0 radical (unpaired) electrons. The van der Waals surface area contributed by atoms with Gasteiger partial charge in [0.2, 0.25) is 0 Å². The molecule has 0 aromatic rings. The zero-order chi connectivity index (χ0) is 0. The predicted molar refractivity (Wildman–Crippen MR) is 26.0 cm³/mol. The Hall–Kier alpha value is 0.199. The second-order valence-corrected chi connectivity index (χ2v) is 0. The van der Waals surface area contributed by atoms with Crippen molar-refractivity contribution in [3.05, 3.63) is 0 Å². The Labute approximate surface area is 61.8 Å². The quantitative estimate of drug-likeness (QED) is 0.329. The standard InChI is InChI=1S/Fe.7H2O.O/h;7*1H2;/q+2;;;;;;;;-2. The molecule has 0 rings (SSSR count). The number of hydrogen-bond acceptors (Lipinski definition) is 0. The Balaban J connectivity index is 0. The van der Waals surface area contributed by atoms with Crippen LogP contribution in [0, 0.1) is 0 Å². The fourth-order valence-corrected chi connectivity index (χ4v) is 0. The molecule has 14 N–H and O–H groups in total. The van der Waals surface area contributed by atoms with Gasteiger partial charge in [0.15, 0.2) is 0 Å². The van der Waals surface area contributed by atoms with Gasteiger partial charge in [0.05, 0.1) is 0 Å². The maximum Gasteiger partial charge on any atom is 2.00 e. The molecule has 0 atom stereocenters. The van der Waals surface area contributed by atoms with Crippen LogP contribution in [-0.2, 0) is 22.5 Å². The predicted octanol–water partition coefficient (Wildman–Crippen LogP) is -5.89. The first-order valence-corrected chi connectivity index (χ1v) is 0. The molecule has 0 aromatic carbocycles. The minimum atomic E-state index is 0. The smallest absolute Gasteiger partial charge is 2.00 e. The van der Waals surface area contributed by atoms with Crippen molar-refractivity contribution >= 4 is 0 Å². The molecule has 0 aromatic heterocycles. The van der Waals surface area contributed by atoms with Gasteiger partial charge in [-0.1, -0.05) is 0 Å². The van der Waals surface area contributed by atoms with Crippen LogP contribution in [0.1, 0.15) is 0 Å². The molecule has 0 spiro atoms. The van der Waals surface area contributed by atoms with Crippen LogP contribution < -0.4 is 0 Å². The van der Waals surface area contributed by atoms with Crippen molar-refractivity contribution in [1.82, 2.24) is 0 Å². The first-order valence-electron chi connectivity index (χ1n) is 0. The number of hydrogen-bond donors (Lipinski definition) is 0. The molecule has 0 aliphatic carbocycles. The van der Waals surface area contributed by atoms with Gasteiger partial charge in [0.25, 0.3) is 0 Å². The van der Waals surface area contributed by atoms with Gasteiger partial charge in [-0.3, -0.25) is 0 Å². The van der Waals surface area contributed by atoms with Gasteiger partial charge in [0, 0.05) is 0 Å². The molecular formula is H14FeO8. The van der Waals surface area contributed by atoms with Gasteiger partial charge in [0.1, 0.15) is 0 Å². The molecule has 0 aliphatic rings. The molecule has 0 amide bonds. The average Bonchev–Trinajstić information content (AvgIpc) is 0. The molecule has 8 nitrogen and oxygen atoms in total. The normalized spacial score (nSPS) is 0. The third kappa shape index (κ3) is 7920. The zero-order valence-electron chi connectivity index (χ0n) is 4.26. The van der Waals surface area contributed by atoms with Crippen LogP contribution in [0.3, 0.4) is 0 Å². The Morgan fingerprint density at radius 1 is 0.333 bits per heavy atom. The molecule has 0 heterocycles. The zero-order valence-corrected chi connectivity index (χ0v) is 5.37. The van der Waals surface area contributed by atoms with Gasteiger partial charge in [-0.2, -0.15) is 0 Å². The maximum atomic E-state index is 0. The SMILES string of the molecule is O.O.O.O.O.O.O.[Fe+2].[O-2]. The van der Waals surface area contributed by atoms with E-state index in [4.69, 9.17) is 0 Å². The van der Waals surface area contributed by atoms with Gasteiger partial charge in [-0.15, -0.1) is 0 Å². The summed E-state index contributed by atoms with van der Waals surface area (Å²) in [5.74, 6) is 0. The third-order valence-corrected chi connectivity index (χ3v) is 0. The fourth-order valence-electron chi connectivity index (χ4n) is 0. The summed E-state index contributed by atoms with van der Waals surface area (Å²) in [4.78, 5) is 0. The van der Waals surface area contributed by atoms with E-state index in [2.05, 4.69) is 0 Å². The minimum absolute atomic E-state index is 0. The second-order valence-electron chi connectivity index (χ2n) is 0. The summed E-state index contributed by atoms with van der Waals surface area (Å²) in [7, 11) is 0. The van der Waals surface area contributed by atoms with E-state index in [1.165, 1.54) is 0 Å². The van der Waals surface area contributed by atoms with Gasteiger partial charge in [-0.25, -0.2) is 0 Å². The van der Waals surface area contributed by atoms with Gasteiger partial charge < -0.3 is 43.8 Å². The Kier molecular flexibility index (Phi) is 18400000. The van der Waals surface area contributed by atoms with Crippen molar-refractivity contribution < 1.29 is 60.9 Å². The largest absolute Gasteiger partial charge is 2.00 e. The summed E-state index contributed by atoms with van der Waals surface area (Å²) in [6, 6.07) is 0. The molecule has 0 fully saturated rings. The Morgan fingerprint density at radius 2 is 0.333 bits per heavy atom. The Bertz CT molecular complexity index is 4.53. The molecule has 0 unspecified atom stereocenters. The molecule has 0 aliphatic heterocycles. The van der Waals surface area contributed by atoms with Crippen LogP contribution in [0.2, 0.25) is 0 Å². The van der Waals surface area contributed by atoms with Crippen molar-refractivity contribution in [2.75, 3.05) is 0 Å². The van der Waals surface area contributed by atoms with Crippen molar-refractivity contribution in [2.45, 2.75) is 0 Å². The van der Waals surface area contributed by atoms with Crippen molar-refractivity contribution in [3.63, 3.8) is 0 Å². The van der Waals surface area contributed by atoms with Gasteiger partial charge in [-0.05, 0) is 0 Å². The molecule has 9 heavy (non-hydrogen) atoms. The molecule has 0 saturated heterocycles. The molecule has 0 saturated carbocycles. The first kappa shape index (κ1) is 15500. The summed E-state index contributed by atoms with van der Waals surface area (Å²) in [5.41, 5.74) is 0. The van der Waals surface area contributed by atoms with E-state index >= 15 is 0 Å². The van der Waals surface area contributed by atoms with Crippen LogP contribution in [0.25, 0.3) is 0 Å². The summed E-state index contributed by atoms with van der Waals surface area (Å²) in [5, 5.41) is 0. The monoisotopic (exact) mass is 198 g/mol. The molecule has 0 bridgehead atoms. The third-order valence-electron chi connectivity index (χ3n) is 0. The van der Waals surface area contributed by atoms with E-state index in [0.29, 0.717) is 0 Å². The van der Waals surface area contributed by atoms with Crippen LogP contribution in [-0.4, -0.2) is 38.3 Å². The molecule has 9 heteroatoms. The fraction of sp³-hybridized carbons (Fsp3) is 0. The van der Waals surface area contributed by atoms with Crippen molar-refractivity contribution in [1.29, 1.82) is 0 Å². The van der Waals surface area contributed by atoms with Gasteiger partial charge >= 0.3 is 17.1 Å². The van der Waals surface area contributed by atoms with E-state index in [1.54, 1.807) is 0 Å². The average molecular weight is 198 g/mol. The summed E-state index contributed by atoms with van der Waals surface area (Å²) in [6.45, 7) is 0. The van der Waals surface area contributed by atoms with Crippen LogP contribution in [0.5, 0.6) is 0 Å². The molecule has 70 valence electrons. The van der Waals surface area contributed by atoms with Crippen molar-refractivity contribution in [2.24, 2.45) is 0 Å². The van der Waals surface area contributed by atoms with E-state index < -0.39 is 0 Å². The summed E-state index contributed by atoms with van der Waals surface area (Å²) < 4.78 is 0. The summed E-state index contributed by atoms with van der Waals surface area (Å²) in [6.07, 6.45) is 0. The maximum absolute atomic E-state index is 0. The van der Waals surface area contributed by atoms with E-state index in [9.17, 15) is 0 Å². The van der Waals surface area contributed by atoms with Crippen LogP contribution >= 0.6 is 0 Å². The second kappa shape index (κ2) is 10700. The Morgan fingerprint density at radius 3 is 0.333 bits per heavy atom. The topological polar surface area (TPSA) is 249 Å². The van der Waals surface area contributed by atoms with Crippen molar-refractivity contribution in [3.8, 4) is 0 Å². The van der Waals surface area contributed by atoms with Crippen LogP contribution in [0.4, 0.5) is 0 Å².